The number of aromatic nitrogens is 2. The number of benzene rings is 1. The van der Waals surface area contributed by atoms with E-state index in [1.165, 1.54) is 5.56 Å². The molecule has 0 saturated heterocycles. The summed E-state index contributed by atoms with van der Waals surface area (Å²) in [6.45, 7) is 0. The van der Waals surface area contributed by atoms with E-state index in [4.69, 9.17) is 0 Å². The van der Waals surface area contributed by atoms with Crippen molar-refractivity contribution in [2.75, 3.05) is 0 Å². The van der Waals surface area contributed by atoms with E-state index in [0.29, 0.717) is 0 Å². The Hall–Kier alpha value is -2.48. The highest BCUT2D eigenvalue weighted by molar-refractivity contribution is 5.59. The van der Waals surface area contributed by atoms with E-state index in [0.717, 1.165) is 23.4 Å². The molecular formula is C17H14N2. The molecule has 2 aromatic heterocycles. The molecule has 0 unspecified atom stereocenters. The van der Waals surface area contributed by atoms with Crippen molar-refractivity contribution in [3.05, 3.63) is 84.3 Å². The number of hydrogen-bond acceptors (Lipinski definition) is 2. The predicted octanol–water partition coefficient (Wildman–Crippen LogP) is 3.73. The molecule has 2 heterocycles. The third-order valence-corrected chi connectivity index (χ3v) is 3.03. The van der Waals surface area contributed by atoms with Crippen LogP contribution in [0.1, 0.15) is 11.3 Å². The first-order chi connectivity index (χ1) is 9.42. The van der Waals surface area contributed by atoms with E-state index >= 15 is 0 Å². The number of pyridine rings is 2. The molecule has 0 spiro atoms. The molecule has 0 fully saturated rings. The van der Waals surface area contributed by atoms with Crippen LogP contribution in [-0.4, -0.2) is 9.97 Å². The smallest absolute Gasteiger partial charge is 0.0701 e. The molecule has 2 nitrogen and oxygen atoms in total. The molecule has 0 aliphatic heterocycles. The van der Waals surface area contributed by atoms with E-state index in [1.807, 2.05) is 48.8 Å². The van der Waals surface area contributed by atoms with Crippen LogP contribution in [-0.2, 0) is 6.42 Å². The van der Waals surface area contributed by atoms with Gasteiger partial charge in [-0.25, -0.2) is 0 Å². The van der Waals surface area contributed by atoms with Gasteiger partial charge in [0.2, 0.25) is 0 Å². The highest BCUT2D eigenvalue weighted by Gasteiger charge is 2.00. The van der Waals surface area contributed by atoms with Gasteiger partial charge in [0.25, 0.3) is 0 Å². The Balaban J connectivity index is 1.80. The topological polar surface area (TPSA) is 25.8 Å². The normalized spacial score (nSPS) is 10.3. The summed E-state index contributed by atoms with van der Waals surface area (Å²) in [5, 5.41) is 0. The summed E-state index contributed by atoms with van der Waals surface area (Å²) in [5.74, 6) is 0. The van der Waals surface area contributed by atoms with Gasteiger partial charge in [0.15, 0.2) is 0 Å². The van der Waals surface area contributed by atoms with Gasteiger partial charge < -0.3 is 0 Å². The predicted molar refractivity (Wildman–Crippen MR) is 76.7 cm³/mol. The second-order valence-electron chi connectivity index (χ2n) is 4.41. The minimum atomic E-state index is 0.864. The molecule has 0 radical (unpaired) electrons. The fourth-order valence-electron chi connectivity index (χ4n) is 2.04. The van der Waals surface area contributed by atoms with Gasteiger partial charge in [0.05, 0.1) is 5.69 Å². The second-order valence-corrected chi connectivity index (χ2v) is 4.41. The van der Waals surface area contributed by atoms with E-state index in [-0.39, 0.29) is 0 Å². The maximum absolute atomic E-state index is 4.35. The second kappa shape index (κ2) is 5.44. The molecule has 0 atom stereocenters. The maximum Gasteiger partial charge on any atom is 0.0701 e. The molecular weight excluding hydrogens is 232 g/mol. The molecule has 0 aliphatic carbocycles. The molecule has 3 rings (SSSR count). The van der Waals surface area contributed by atoms with Gasteiger partial charge in [0, 0.05) is 30.1 Å². The van der Waals surface area contributed by atoms with Crippen molar-refractivity contribution in [3.63, 3.8) is 0 Å². The van der Waals surface area contributed by atoms with Crippen molar-refractivity contribution in [1.82, 2.24) is 9.97 Å². The fourth-order valence-corrected chi connectivity index (χ4v) is 2.04. The summed E-state index contributed by atoms with van der Waals surface area (Å²) in [5.41, 5.74) is 4.50. The Morgan fingerprint density at radius 1 is 0.684 bits per heavy atom. The van der Waals surface area contributed by atoms with Gasteiger partial charge in [-0.3, -0.25) is 9.97 Å². The largest absolute Gasteiger partial charge is 0.261 e. The SMILES string of the molecule is c1ccc(Cc2ccc(-c3ccccn3)cc2)nc1. The number of rotatable bonds is 3. The standard InChI is InChI=1S/C17H14N2/c1-3-11-18-16(5-1)13-14-7-9-15(10-8-14)17-6-2-4-12-19-17/h1-12H,13H2. The van der Waals surface area contributed by atoms with Crippen LogP contribution in [0, 0.1) is 0 Å². The zero-order valence-electron chi connectivity index (χ0n) is 10.5. The maximum atomic E-state index is 4.35. The van der Waals surface area contributed by atoms with Crippen molar-refractivity contribution in [2.24, 2.45) is 0 Å². The lowest BCUT2D eigenvalue weighted by Crippen LogP contribution is -1.91. The Kier molecular flexibility index (Phi) is 3.32. The van der Waals surface area contributed by atoms with Crippen molar-refractivity contribution in [2.45, 2.75) is 6.42 Å². The summed E-state index contributed by atoms with van der Waals surface area (Å²) in [6.07, 6.45) is 4.51. The molecule has 2 heteroatoms. The lowest BCUT2D eigenvalue weighted by atomic mass is 10.1. The third-order valence-electron chi connectivity index (χ3n) is 3.03. The van der Waals surface area contributed by atoms with Gasteiger partial charge in [-0.2, -0.15) is 0 Å². The van der Waals surface area contributed by atoms with Crippen molar-refractivity contribution in [3.8, 4) is 11.3 Å². The first-order valence-corrected chi connectivity index (χ1v) is 6.32. The van der Waals surface area contributed by atoms with Crippen LogP contribution < -0.4 is 0 Å². The van der Waals surface area contributed by atoms with Crippen LogP contribution in [0.15, 0.2) is 73.1 Å². The van der Waals surface area contributed by atoms with Crippen LogP contribution in [0.4, 0.5) is 0 Å². The first kappa shape index (κ1) is 11.6. The zero-order valence-corrected chi connectivity index (χ0v) is 10.5. The number of hydrogen-bond donors (Lipinski definition) is 0. The van der Waals surface area contributed by atoms with Crippen LogP contribution in [0.3, 0.4) is 0 Å². The minimum Gasteiger partial charge on any atom is -0.261 e. The van der Waals surface area contributed by atoms with Crippen LogP contribution >= 0.6 is 0 Å². The molecule has 0 amide bonds. The fraction of sp³-hybridized carbons (Fsp3) is 0.0588. The molecule has 1 aromatic carbocycles. The highest BCUT2D eigenvalue weighted by atomic mass is 14.7. The summed E-state index contributed by atoms with van der Waals surface area (Å²) in [6, 6.07) is 20.5. The number of nitrogens with zero attached hydrogens (tertiary/aromatic N) is 2. The van der Waals surface area contributed by atoms with Gasteiger partial charge in [0.1, 0.15) is 0 Å². The summed E-state index contributed by atoms with van der Waals surface area (Å²) < 4.78 is 0. The first-order valence-electron chi connectivity index (χ1n) is 6.32. The third kappa shape index (κ3) is 2.86. The average Bonchev–Trinajstić information content (AvgIpc) is 2.50. The minimum absolute atomic E-state index is 0.864. The van der Waals surface area contributed by atoms with Crippen LogP contribution in [0.2, 0.25) is 0 Å². The molecule has 0 N–H and O–H groups in total. The summed E-state index contributed by atoms with van der Waals surface area (Å²) in [4.78, 5) is 8.69. The lowest BCUT2D eigenvalue weighted by Gasteiger charge is -2.03. The van der Waals surface area contributed by atoms with Crippen LogP contribution in [0.25, 0.3) is 11.3 Å². The van der Waals surface area contributed by atoms with Gasteiger partial charge in [-0.15, -0.1) is 0 Å². The van der Waals surface area contributed by atoms with Crippen molar-refractivity contribution in [1.29, 1.82) is 0 Å². The molecule has 0 aliphatic rings. The van der Waals surface area contributed by atoms with Gasteiger partial charge in [-0.1, -0.05) is 36.4 Å². The highest BCUT2D eigenvalue weighted by Crippen LogP contribution is 2.17. The summed E-state index contributed by atoms with van der Waals surface area (Å²) in [7, 11) is 0. The van der Waals surface area contributed by atoms with E-state index < -0.39 is 0 Å². The van der Waals surface area contributed by atoms with Crippen molar-refractivity contribution >= 4 is 0 Å². The molecule has 19 heavy (non-hydrogen) atoms. The lowest BCUT2D eigenvalue weighted by molar-refractivity contribution is 1.07. The Morgan fingerprint density at radius 3 is 2.05 bits per heavy atom. The molecule has 3 aromatic rings. The Morgan fingerprint density at radius 2 is 1.42 bits per heavy atom. The molecule has 0 bridgehead atoms. The molecule has 0 saturated carbocycles. The quantitative estimate of drug-likeness (QED) is 0.703. The van der Waals surface area contributed by atoms with Gasteiger partial charge >= 0.3 is 0 Å². The van der Waals surface area contributed by atoms with Crippen LogP contribution in [0.5, 0.6) is 0 Å². The zero-order chi connectivity index (χ0) is 12.9. The average molecular weight is 246 g/mol. The van der Waals surface area contributed by atoms with E-state index in [1.54, 1.807) is 0 Å². The monoisotopic (exact) mass is 246 g/mol. The van der Waals surface area contributed by atoms with E-state index in [2.05, 4.69) is 34.2 Å². The summed E-state index contributed by atoms with van der Waals surface area (Å²) >= 11 is 0. The Labute approximate surface area is 112 Å². The van der Waals surface area contributed by atoms with E-state index in [9.17, 15) is 0 Å². The van der Waals surface area contributed by atoms with Crippen molar-refractivity contribution < 1.29 is 0 Å². The Bertz CT molecular complexity index is 631. The molecule has 92 valence electrons. The van der Waals surface area contributed by atoms with Gasteiger partial charge in [-0.05, 0) is 29.8 Å².